The molecule has 3 heterocycles. The molecule has 5 aromatic rings. The maximum absolute atomic E-state index is 13.2. The van der Waals surface area contributed by atoms with Gasteiger partial charge in [-0.2, -0.15) is 0 Å². The highest BCUT2D eigenvalue weighted by Crippen LogP contribution is 2.29. The van der Waals surface area contributed by atoms with E-state index in [1.54, 1.807) is 30.1 Å². The van der Waals surface area contributed by atoms with Crippen molar-refractivity contribution >= 4 is 22.8 Å². The summed E-state index contributed by atoms with van der Waals surface area (Å²) >= 11 is 1.61. The van der Waals surface area contributed by atoms with Crippen LogP contribution in [-0.2, 0) is 12.3 Å². The number of hydrogen-bond acceptors (Lipinski definition) is 5. The fourth-order valence-electron chi connectivity index (χ4n) is 3.57. The quantitative estimate of drug-likeness (QED) is 0.293. The third kappa shape index (κ3) is 4.16. The maximum Gasteiger partial charge on any atom is 0.226 e. The molecular weight excluding hydrogens is 423 g/mol. The van der Waals surface area contributed by atoms with Crippen LogP contribution in [0.4, 0.5) is 4.39 Å². The van der Waals surface area contributed by atoms with Gasteiger partial charge in [0.25, 0.3) is 0 Å². The van der Waals surface area contributed by atoms with Crippen LogP contribution in [0.2, 0.25) is 0 Å². The molecule has 2 aromatic carbocycles. The van der Waals surface area contributed by atoms with E-state index in [9.17, 15) is 4.39 Å². The maximum atomic E-state index is 13.2. The van der Waals surface area contributed by atoms with E-state index in [-0.39, 0.29) is 5.82 Å². The lowest BCUT2D eigenvalue weighted by Gasteiger charge is -2.07. The highest BCUT2D eigenvalue weighted by Gasteiger charge is 2.17. The second-order valence-electron chi connectivity index (χ2n) is 7.65. The minimum absolute atomic E-state index is 0.233. The first-order chi connectivity index (χ1) is 15.6. The van der Waals surface area contributed by atoms with Gasteiger partial charge in [-0.15, -0.1) is 0 Å². The molecule has 0 aliphatic heterocycles. The molecule has 0 fully saturated rings. The van der Waals surface area contributed by atoms with Crippen molar-refractivity contribution in [1.29, 1.82) is 0 Å². The van der Waals surface area contributed by atoms with Crippen LogP contribution in [0, 0.1) is 19.7 Å². The number of aryl methyl sites for hydroxylation is 2. The molecule has 0 atom stereocenters. The van der Waals surface area contributed by atoms with Gasteiger partial charge in [0.15, 0.2) is 5.16 Å². The summed E-state index contributed by atoms with van der Waals surface area (Å²) in [6.45, 7) is 4.51. The Labute approximate surface area is 189 Å². The summed E-state index contributed by atoms with van der Waals surface area (Å²) in [7, 11) is 0. The van der Waals surface area contributed by atoms with Crippen LogP contribution >= 0.6 is 11.8 Å². The summed E-state index contributed by atoms with van der Waals surface area (Å²) in [6, 6.07) is 16.6. The van der Waals surface area contributed by atoms with E-state index in [1.807, 2.05) is 31.3 Å². The van der Waals surface area contributed by atoms with E-state index in [0.29, 0.717) is 18.2 Å². The number of thioether (sulfide) groups is 1. The van der Waals surface area contributed by atoms with E-state index >= 15 is 0 Å². The average Bonchev–Trinajstić information content (AvgIpc) is 3.34. The lowest BCUT2D eigenvalue weighted by Crippen LogP contribution is -2.03. The number of oxazole rings is 1. The molecule has 0 bridgehead atoms. The second kappa shape index (κ2) is 8.59. The van der Waals surface area contributed by atoms with Crippen LogP contribution in [0.1, 0.15) is 22.6 Å². The average molecular weight is 445 g/mol. The van der Waals surface area contributed by atoms with Crippen molar-refractivity contribution in [3.63, 3.8) is 0 Å². The second-order valence-corrected chi connectivity index (χ2v) is 8.59. The lowest BCUT2D eigenvalue weighted by atomic mass is 10.1. The number of imidazole rings is 1. The SMILES string of the molecule is Cc1cccc(-c2nc(Cn3c(SCc4ccc(F)cc4)nc4ccncc43)c(C)o2)c1. The van der Waals surface area contributed by atoms with Crippen LogP contribution in [0.25, 0.3) is 22.5 Å². The first kappa shape index (κ1) is 20.5. The molecule has 7 heteroatoms. The Hall–Kier alpha value is -3.45. The number of pyridine rings is 1. The third-order valence-corrected chi connectivity index (χ3v) is 6.31. The van der Waals surface area contributed by atoms with Gasteiger partial charge in [0.2, 0.25) is 5.89 Å². The highest BCUT2D eigenvalue weighted by atomic mass is 32.2. The monoisotopic (exact) mass is 444 g/mol. The predicted molar refractivity (Wildman–Crippen MR) is 124 cm³/mol. The van der Waals surface area contributed by atoms with Crippen LogP contribution in [0.3, 0.4) is 0 Å². The number of hydrogen-bond donors (Lipinski definition) is 0. The van der Waals surface area contributed by atoms with Gasteiger partial charge in [0, 0.05) is 17.5 Å². The Morgan fingerprint density at radius 2 is 1.88 bits per heavy atom. The van der Waals surface area contributed by atoms with E-state index in [4.69, 9.17) is 14.4 Å². The van der Waals surface area contributed by atoms with Gasteiger partial charge in [-0.05, 0) is 49.7 Å². The van der Waals surface area contributed by atoms with Crippen molar-refractivity contribution in [3.8, 4) is 11.5 Å². The first-order valence-corrected chi connectivity index (χ1v) is 11.3. The normalized spacial score (nSPS) is 11.3. The molecule has 5 rings (SSSR count). The number of benzene rings is 2. The van der Waals surface area contributed by atoms with E-state index in [0.717, 1.165) is 44.3 Å². The van der Waals surface area contributed by atoms with Crippen molar-refractivity contribution in [2.24, 2.45) is 0 Å². The summed E-state index contributed by atoms with van der Waals surface area (Å²) in [6.07, 6.45) is 3.56. The smallest absolute Gasteiger partial charge is 0.226 e. The fourth-order valence-corrected chi connectivity index (χ4v) is 4.54. The Bertz CT molecular complexity index is 1390. The van der Waals surface area contributed by atoms with Gasteiger partial charge in [-0.1, -0.05) is 41.6 Å². The molecule has 0 N–H and O–H groups in total. The Morgan fingerprint density at radius 1 is 1.03 bits per heavy atom. The van der Waals surface area contributed by atoms with Gasteiger partial charge in [-0.25, -0.2) is 14.4 Å². The number of nitrogens with zero attached hydrogens (tertiary/aromatic N) is 4. The van der Waals surface area contributed by atoms with E-state index in [1.165, 1.54) is 12.1 Å². The van der Waals surface area contributed by atoms with Crippen molar-refractivity contribution in [2.75, 3.05) is 0 Å². The van der Waals surface area contributed by atoms with Gasteiger partial charge in [0.1, 0.15) is 17.3 Å². The lowest BCUT2D eigenvalue weighted by molar-refractivity contribution is 0.537. The molecule has 0 saturated carbocycles. The standard InChI is InChI=1S/C25H21FN4OS/c1-16-4-3-5-19(12-16)24-28-22(17(2)31-24)14-30-23-13-27-11-10-21(23)29-25(30)32-15-18-6-8-20(26)9-7-18/h3-13H,14-15H2,1-2H3. The Kier molecular flexibility index (Phi) is 5.49. The molecule has 5 nitrogen and oxygen atoms in total. The van der Waals surface area contributed by atoms with E-state index < -0.39 is 0 Å². The molecule has 3 aromatic heterocycles. The molecule has 0 saturated heterocycles. The van der Waals surface area contributed by atoms with Crippen LogP contribution < -0.4 is 0 Å². The highest BCUT2D eigenvalue weighted by molar-refractivity contribution is 7.98. The van der Waals surface area contributed by atoms with Crippen molar-refractivity contribution in [1.82, 2.24) is 19.5 Å². The fraction of sp³-hybridized carbons (Fsp3) is 0.160. The number of rotatable bonds is 6. The predicted octanol–water partition coefficient (Wildman–Crippen LogP) is 6.18. The summed E-state index contributed by atoms with van der Waals surface area (Å²) in [5, 5.41) is 0.858. The zero-order chi connectivity index (χ0) is 22.1. The Balaban J connectivity index is 1.47. The molecule has 0 radical (unpaired) electrons. The molecule has 32 heavy (non-hydrogen) atoms. The zero-order valence-corrected chi connectivity index (χ0v) is 18.6. The molecule has 0 aliphatic rings. The summed E-state index contributed by atoms with van der Waals surface area (Å²) < 4.78 is 21.3. The number of fused-ring (bicyclic) bond motifs is 1. The minimum Gasteiger partial charge on any atom is -0.441 e. The van der Waals surface area contributed by atoms with Crippen molar-refractivity contribution < 1.29 is 8.81 Å². The first-order valence-electron chi connectivity index (χ1n) is 10.3. The minimum atomic E-state index is -0.233. The largest absolute Gasteiger partial charge is 0.441 e. The summed E-state index contributed by atoms with van der Waals surface area (Å²) in [5.74, 6) is 1.84. The third-order valence-electron chi connectivity index (χ3n) is 5.26. The topological polar surface area (TPSA) is 56.7 Å². The van der Waals surface area contributed by atoms with Crippen molar-refractivity contribution in [2.45, 2.75) is 31.3 Å². The number of halogens is 1. The van der Waals surface area contributed by atoms with Gasteiger partial charge >= 0.3 is 0 Å². The summed E-state index contributed by atoms with van der Waals surface area (Å²) in [5.41, 5.74) is 5.82. The molecule has 0 amide bonds. The van der Waals surface area contributed by atoms with Gasteiger partial charge < -0.3 is 8.98 Å². The van der Waals surface area contributed by atoms with Gasteiger partial charge in [-0.3, -0.25) is 4.98 Å². The zero-order valence-electron chi connectivity index (χ0n) is 17.7. The van der Waals surface area contributed by atoms with Gasteiger partial charge in [0.05, 0.1) is 23.8 Å². The van der Waals surface area contributed by atoms with Crippen LogP contribution in [0.15, 0.2) is 76.6 Å². The molecule has 0 spiro atoms. The van der Waals surface area contributed by atoms with Crippen LogP contribution in [0.5, 0.6) is 0 Å². The molecule has 0 unspecified atom stereocenters. The van der Waals surface area contributed by atoms with Crippen molar-refractivity contribution in [3.05, 3.63) is 95.4 Å². The number of aromatic nitrogens is 4. The molecular formula is C25H21FN4OS. The molecule has 0 aliphatic carbocycles. The van der Waals surface area contributed by atoms with Crippen LogP contribution in [-0.4, -0.2) is 19.5 Å². The Morgan fingerprint density at radius 3 is 2.69 bits per heavy atom. The summed E-state index contributed by atoms with van der Waals surface area (Å²) in [4.78, 5) is 13.9. The molecule has 160 valence electrons. The van der Waals surface area contributed by atoms with E-state index in [2.05, 4.69) is 28.6 Å².